The van der Waals surface area contributed by atoms with Crippen LogP contribution in [0.5, 0.6) is 17.2 Å². The molecule has 5 heteroatoms. The SMILES string of the molecule is CC(C)Oc1cc(Oc2cccc(C(N)=O)c2)ccc1N. The van der Waals surface area contributed by atoms with Crippen molar-refractivity contribution in [1.82, 2.24) is 0 Å². The number of benzene rings is 2. The number of carbonyl (C=O) groups excluding carboxylic acids is 1. The molecule has 21 heavy (non-hydrogen) atoms. The molecule has 0 heterocycles. The summed E-state index contributed by atoms with van der Waals surface area (Å²) in [4.78, 5) is 11.2. The fourth-order valence-corrected chi connectivity index (χ4v) is 1.78. The fraction of sp³-hybridized carbons (Fsp3) is 0.188. The van der Waals surface area contributed by atoms with Crippen LogP contribution in [0.25, 0.3) is 0 Å². The minimum atomic E-state index is -0.499. The lowest BCUT2D eigenvalue weighted by Gasteiger charge is -2.14. The molecule has 0 bridgehead atoms. The Labute approximate surface area is 123 Å². The van der Waals surface area contributed by atoms with Gasteiger partial charge in [0.1, 0.15) is 17.2 Å². The lowest BCUT2D eigenvalue weighted by atomic mass is 10.2. The Morgan fingerprint density at radius 2 is 1.81 bits per heavy atom. The van der Waals surface area contributed by atoms with Gasteiger partial charge in [0, 0.05) is 11.6 Å². The van der Waals surface area contributed by atoms with Gasteiger partial charge in [-0.3, -0.25) is 4.79 Å². The van der Waals surface area contributed by atoms with E-state index in [4.69, 9.17) is 20.9 Å². The van der Waals surface area contributed by atoms with Crippen molar-refractivity contribution in [1.29, 1.82) is 0 Å². The lowest BCUT2D eigenvalue weighted by molar-refractivity contribution is 0.1000. The van der Waals surface area contributed by atoms with Gasteiger partial charge in [-0.1, -0.05) is 6.07 Å². The highest BCUT2D eigenvalue weighted by Gasteiger charge is 2.07. The van der Waals surface area contributed by atoms with Crippen molar-refractivity contribution >= 4 is 11.6 Å². The van der Waals surface area contributed by atoms with Crippen molar-refractivity contribution in [2.75, 3.05) is 5.73 Å². The first kappa shape index (κ1) is 14.7. The van der Waals surface area contributed by atoms with E-state index >= 15 is 0 Å². The van der Waals surface area contributed by atoms with Crippen molar-refractivity contribution in [3.63, 3.8) is 0 Å². The first-order valence-electron chi connectivity index (χ1n) is 6.59. The van der Waals surface area contributed by atoms with Crippen molar-refractivity contribution < 1.29 is 14.3 Å². The Morgan fingerprint density at radius 3 is 2.48 bits per heavy atom. The molecule has 0 aliphatic heterocycles. The third-order valence-corrected chi connectivity index (χ3v) is 2.70. The van der Waals surface area contributed by atoms with E-state index in [2.05, 4.69) is 0 Å². The van der Waals surface area contributed by atoms with Crippen LogP contribution in [0.15, 0.2) is 42.5 Å². The molecule has 0 atom stereocenters. The number of hydrogen-bond acceptors (Lipinski definition) is 4. The van der Waals surface area contributed by atoms with Crippen LogP contribution in [-0.2, 0) is 0 Å². The third-order valence-electron chi connectivity index (χ3n) is 2.70. The molecule has 0 saturated heterocycles. The second-order valence-corrected chi connectivity index (χ2v) is 4.86. The quantitative estimate of drug-likeness (QED) is 0.827. The molecule has 0 radical (unpaired) electrons. The maximum Gasteiger partial charge on any atom is 0.248 e. The number of carbonyl (C=O) groups is 1. The van der Waals surface area contributed by atoms with Crippen molar-refractivity contribution in [2.24, 2.45) is 5.73 Å². The zero-order valence-electron chi connectivity index (χ0n) is 12.0. The van der Waals surface area contributed by atoms with E-state index in [1.807, 2.05) is 13.8 Å². The molecule has 0 fully saturated rings. The molecule has 0 aliphatic carbocycles. The summed E-state index contributed by atoms with van der Waals surface area (Å²) in [6, 6.07) is 11.8. The van der Waals surface area contributed by atoms with E-state index in [0.717, 1.165) is 0 Å². The Morgan fingerprint density at radius 1 is 1.10 bits per heavy atom. The van der Waals surface area contributed by atoms with Gasteiger partial charge in [0.2, 0.25) is 5.91 Å². The van der Waals surface area contributed by atoms with Crippen LogP contribution in [0.2, 0.25) is 0 Å². The van der Waals surface area contributed by atoms with Crippen LogP contribution >= 0.6 is 0 Å². The fourth-order valence-electron chi connectivity index (χ4n) is 1.78. The molecular formula is C16H18N2O3. The van der Waals surface area contributed by atoms with E-state index in [0.29, 0.717) is 28.5 Å². The average Bonchev–Trinajstić information content (AvgIpc) is 2.42. The summed E-state index contributed by atoms with van der Waals surface area (Å²) in [6.45, 7) is 3.84. The van der Waals surface area contributed by atoms with E-state index in [9.17, 15) is 4.79 Å². The molecule has 2 aromatic carbocycles. The van der Waals surface area contributed by atoms with E-state index in [-0.39, 0.29) is 6.10 Å². The molecule has 0 unspecified atom stereocenters. The highest BCUT2D eigenvalue weighted by Crippen LogP contribution is 2.30. The third kappa shape index (κ3) is 3.89. The smallest absolute Gasteiger partial charge is 0.248 e. The van der Waals surface area contributed by atoms with Crippen LogP contribution in [0.1, 0.15) is 24.2 Å². The van der Waals surface area contributed by atoms with Gasteiger partial charge in [0.15, 0.2) is 0 Å². The predicted molar refractivity (Wildman–Crippen MR) is 81.7 cm³/mol. The van der Waals surface area contributed by atoms with Gasteiger partial charge in [0.05, 0.1) is 11.8 Å². The number of nitrogens with two attached hydrogens (primary N) is 2. The zero-order chi connectivity index (χ0) is 15.4. The summed E-state index contributed by atoms with van der Waals surface area (Å²) >= 11 is 0. The molecule has 110 valence electrons. The molecule has 5 nitrogen and oxygen atoms in total. The van der Waals surface area contributed by atoms with Crippen molar-refractivity contribution in [3.05, 3.63) is 48.0 Å². The summed E-state index contributed by atoms with van der Waals surface area (Å²) in [5.74, 6) is 1.16. The Kier molecular flexibility index (Phi) is 4.33. The first-order valence-corrected chi connectivity index (χ1v) is 6.59. The van der Waals surface area contributed by atoms with Crippen molar-refractivity contribution in [3.8, 4) is 17.2 Å². The largest absolute Gasteiger partial charge is 0.489 e. The Balaban J connectivity index is 2.23. The van der Waals surface area contributed by atoms with Crippen LogP contribution in [0.4, 0.5) is 5.69 Å². The molecule has 1 amide bonds. The second kappa shape index (κ2) is 6.17. The zero-order valence-corrected chi connectivity index (χ0v) is 12.0. The molecular weight excluding hydrogens is 268 g/mol. The van der Waals surface area contributed by atoms with Crippen LogP contribution in [-0.4, -0.2) is 12.0 Å². The summed E-state index contributed by atoms with van der Waals surface area (Å²) in [7, 11) is 0. The summed E-state index contributed by atoms with van der Waals surface area (Å²) in [5.41, 5.74) is 12.0. The van der Waals surface area contributed by atoms with Gasteiger partial charge < -0.3 is 20.9 Å². The number of nitrogen functional groups attached to an aromatic ring is 1. The lowest BCUT2D eigenvalue weighted by Crippen LogP contribution is -2.10. The van der Waals surface area contributed by atoms with Gasteiger partial charge in [-0.25, -0.2) is 0 Å². The van der Waals surface area contributed by atoms with Crippen LogP contribution in [0, 0.1) is 0 Å². The summed E-state index contributed by atoms with van der Waals surface area (Å²) < 4.78 is 11.3. The topological polar surface area (TPSA) is 87.6 Å². The number of primary amides is 1. The van der Waals surface area contributed by atoms with Gasteiger partial charge in [-0.15, -0.1) is 0 Å². The number of amides is 1. The minimum Gasteiger partial charge on any atom is -0.489 e. The predicted octanol–water partition coefficient (Wildman–Crippen LogP) is 2.95. The number of ether oxygens (including phenoxy) is 2. The highest BCUT2D eigenvalue weighted by molar-refractivity contribution is 5.93. The number of anilines is 1. The molecule has 0 saturated carbocycles. The Hall–Kier alpha value is -2.69. The number of hydrogen-bond donors (Lipinski definition) is 2. The Bertz CT molecular complexity index is 654. The molecule has 2 rings (SSSR count). The molecule has 0 aromatic heterocycles. The van der Waals surface area contributed by atoms with Crippen LogP contribution in [0.3, 0.4) is 0 Å². The summed E-state index contributed by atoms with van der Waals surface area (Å²) in [6.07, 6.45) is 0.0146. The second-order valence-electron chi connectivity index (χ2n) is 4.86. The average molecular weight is 286 g/mol. The molecule has 0 aliphatic rings. The standard InChI is InChI=1S/C16H18N2O3/c1-10(2)20-15-9-13(6-7-14(15)17)21-12-5-3-4-11(8-12)16(18)19/h3-10H,17H2,1-2H3,(H2,18,19). The maximum absolute atomic E-state index is 11.2. The minimum absolute atomic E-state index is 0.0146. The van der Waals surface area contributed by atoms with Gasteiger partial charge in [-0.05, 0) is 44.2 Å². The van der Waals surface area contributed by atoms with Crippen LogP contribution < -0.4 is 20.9 Å². The van der Waals surface area contributed by atoms with E-state index in [1.54, 1.807) is 42.5 Å². The molecule has 2 aromatic rings. The van der Waals surface area contributed by atoms with Gasteiger partial charge >= 0.3 is 0 Å². The maximum atomic E-state index is 11.2. The first-order chi connectivity index (χ1) is 9.95. The molecule has 4 N–H and O–H groups in total. The van der Waals surface area contributed by atoms with E-state index < -0.39 is 5.91 Å². The van der Waals surface area contributed by atoms with Crippen molar-refractivity contribution in [2.45, 2.75) is 20.0 Å². The summed E-state index contributed by atoms with van der Waals surface area (Å²) in [5, 5.41) is 0. The monoisotopic (exact) mass is 286 g/mol. The highest BCUT2D eigenvalue weighted by atomic mass is 16.5. The van der Waals surface area contributed by atoms with Gasteiger partial charge in [-0.2, -0.15) is 0 Å². The number of rotatable bonds is 5. The van der Waals surface area contributed by atoms with Gasteiger partial charge in [0.25, 0.3) is 0 Å². The molecule has 0 spiro atoms. The normalized spacial score (nSPS) is 10.4. The van der Waals surface area contributed by atoms with E-state index in [1.165, 1.54) is 0 Å².